The van der Waals surface area contributed by atoms with Crippen molar-refractivity contribution >= 4 is 56.1 Å². The molecule has 34 heavy (non-hydrogen) atoms. The third-order valence-electron chi connectivity index (χ3n) is 6.17. The zero-order chi connectivity index (χ0) is 24.2. The van der Waals surface area contributed by atoms with Crippen molar-refractivity contribution in [3.63, 3.8) is 0 Å². The highest BCUT2D eigenvalue weighted by Crippen LogP contribution is 2.33. The number of ether oxygens (including phenoxy) is 1. The minimum Gasteiger partial charge on any atom is -0.496 e. The number of likely N-dealkylation sites (N-methyl/N-ethyl adjacent to an activating group) is 1. The highest BCUT2D eigenvalue weighted by atomic mass is 35.5. The topological polar surface area (TPSA) is 62.1 Å². The van der Waals surface area contributed by atoms with Gasteiger partial charge in [-0.25, -0.2) is 4.52 Å². The predicted octanol–water partition coefficient (Wildman–Crippen LogP) is 3.74. The number of methoxy groups -OCH3 is 1. The van der Waals surface area contributed by atoms with E-state index in [2.05, 4.69) is 21.2 Å². The fourth-order valence-electron chi connectivity index (χ4n) is 4.48. The van der Waals surface area contributed by atoms with E-state index in [0.717, 1.165) is 66.9 Å². The van der Waals surface area contributed by atoms with Crippen LogP contribution in [0.2, 0.25) is 0 Å². The smallest absolute Gasteiger partial charge is 0.203 e. The van der Waals surface area contributed by atoms with E-state index < -0.39 is 0 Å². The van der Waals surface area contributed by atoms with Gasteiger partial charge in [0.25, 0.3) is 0 Å². The first-order chi connectivity index (χ1) is 16.5. The average Bonchev–Trinajstić information content (AvgIpc) is 3.20. The largest absolute Gasteiger partial charge is 0.496 e. The zero-order valence-electron chi connectivity index (χ0n) is 19.9. The number of hydrogen-bond acceptors (Lipinski definition) is 6. The first-order valence-electron chi connectivity index (χ1n) is 11.5. The molecule has 0 aliphatic rings. The Morgan fingerprint density at radius 1 is 1.03 bits per heavy atom. The molecule has 0 amide bonds. The number of hydrogen-bond donors (Lipinski definition) is 1. The lowest BCUT2D eigenvalue weighted by Crippen LogP contribution is -2.30. The van der Waals surface area contributed by atoms with E-state index in [4.69, 9.17) is 33.0 Å². The second kappa shape index (κ2) is 11.0. The summed E-state index contributed by atoms with van der Waals surface area (Å²) in [5, 5.41) is 10.6. The number of alkyl halides is 2. The number of nitrogens with zero attached hydrogens (tertiary/aromatic N) is 4. The molecular formula is C25H31Cl2N5O2. The lowest BCUT2D eigenvalue weighted by atomic mass is 10.0. The number of rotatable bonds is 12. The lowest BCUT2D eigenvalue weighted by Gasteiger charge is -2.19. The SMILES string of the molecule is COc1cccc2c1c(=O)c1c(NCCN(C)C)ccc3c(CCN(CCCl)CCCl)nn2c31. The molecule has 9 heteroatoms. The van der Waals surface area contributed by atoms with Gasteiger partial charge in [-0.15, -0.1) is 23.2 Å². The molecule has 7 nitrogen and oxygen atoms in total. The fourth-order valence-corrected chi connectivity index (χ4v) is 4.95. The zero-order valence-corrected chi connectivity index (χ0v) is 21.4. The molecule has 0 bridgehead atoms. The average molecular weight is 504 g/mol. The maximum absolute atomic E-state index is 13.8. The molecule has 0 saturated carbocycles. The van der Waals surface area contributed by atoms with E-state index in [0.29, 0.717) is 28.3 Å². The minimum atomic E-state index is -0.0461. The van der Waals surface area contributed by atoms with Crippen LogP contribution in [0.3, 0.4) is 0 Å². The van der Waals surface area contributed by atoms with Gasteiger partial charge in [0, 0.05) is 62.0 Å². The maximum atomic E-state index is 13.8. The van der Waals surface area contributed by atoms with Crippen LogP contribution in [0.4, 0.5) is 5.69 Å². The molecule has 0 atom stereocenters. The summed E-state index contributed by atoms with van der Waals surface area (Å²) in [4.78, 5) is 18.2. The van der Waals surface area contributed by atoms with E-state index in [1.165, 1.54) is 0 Å². The number of nitrogens with one attached hydrogen (secondary N) is 1. The molecule has 2 aromatic carbocycles. The summed E-state index contributed by atoms with van der Waals surface area (Å²) in [6.07, 6.45) is 0.734. The number of fused-ring (bicyclic) bond motifs is 2. The Bertz CT molecular complexity index is 1320. The molecule has 0 spiro atoms. The standard InChI is InChI=1S/C25H31Cl2N5O2/c1-30(2)16-12-28-19-8-7-17-18(9-13-31(14-10-26)15-11-27)29-32-20-5-4-6-21(34-3)23(20)25(33)22(19)24(17)32/h4-8,28H,9-16H2,1-3H3. The number of pyridine rings is 1. The van der Waals surface area contributed by atoms with Crippen molar-refractivity contribution in [3.8, 4) is 5.75 Å². The van der Waals surface area contributed by atoms with Crippen LogP contribution in [0, 0.1) is 0 Å². The van der Waals surface area contributed by atoms with Crippen LogP contribution in [-0.4, -0.2) is 85.1 Å². The molecule has 0 fully saturated rings. The monoisotopic (exact) mass is 503 g/mol. The van der Waals surface area contributed by atoms with Gasteiger partial charge in [-0.2, -0.15) is 5.10 Å². The second-order valence-corrected chi connectivity index (χ2v) is 9.38. The predicted molar refractivity (Wildman–Crippen MR) is 143 cm³/mol. The number of halogens is 2. The Morgan fingerprint density at radius 2 is 1.79 bits per heavy atom. The Morgan fingerprint density at radius 3 is 2.47 bits per heavy atom. The van der Waals surface area contributed by atoms with Gasteiger partial charge in [-0.3, -0.25) is 4.79 Å². The summed E-state index contributed by atoms with van der Waals surface area (Å²) < 4.78 is 7.47. The van der Waals surface area contributed by atoms with E-state index in [-0.39, 0.29) is 5.43 Å². The minimum absolute atomic E-state index is 0.0461. The van der Waals surface area contributed by atoms with Crippen LogP contribution in [0.25, 0.3) is 27.2 Å². The Balaban J connectivity index is 1.89. The summed E-state index contributed by atoms with van der Waals surface area (Å²) in [5.41, 5.74) is 3.31. The molecule has 0 unspecified atom stereocenters. The van der Waals surface area contributed by atoms with Crippen molar-refractivity contribution in [1.82, 2.24) is 19.4 Å². The van der Waals surface area contributed by atoms with Gasteiger partial charge in [0.15, 0.2) is 0 Å². The molecule has 2 aromatic heterocycles. The Kier molecular flexibility index (Phi) is 7.99. The van der Waals surface area contributed by atoms with Crippen molar-refractivity contribution in [2.45, 2.75) is 6.42 Å². The summed E-state index contributed by atoms with van der Waals surface area (Å²) >= 11 is 12.0. The third kappa shape index (κ3) is 4.75. The highest BCUT2D eigenvalue weighted by molar-refractivity contribution is 6.18. The van der Waals surface area contributed by atoms with E-state index >= 15 is 0 Å². The molecule has 0 radical (unpaired) electrons. The molecule has 4 rings (SSSR count). The van der Waals surface area contributed by atoms with Gasteiger partial charge in [0.05, 0.1) is 34.6 Å². The molecule has 182 valence electrons. The van der Waals surface area contributed by atoms with Gasteiger partial charge in [-0.05, 0) is 38.4 Å². The summed E-state index contributed by atoms with van der Waals surface area (Å²) in [5.74, 6) is 1.66. The van der Waals surface area contributed by atoms with Gasteiger partial charge in [0.2, 0.25) is 5.43 Å². The molecule has 2 heterocycles. The third-order valence-corrected chi connectivity index (χ3v) is 6.51. The lowest BCUT2D eigenvalue weighted by molar-refractivity contribution is 0.310. The molecule has 0 aliphatic carbocycles. The van der Waals surface area contributed by atoms with Crippen LogP contribution >= 0.6 is 23.2 Å². The van der Waals surface area contributed by atoms with Crippen LogP contribution in [-0.2, 0) is 6.42 Å². The molecule has 0 aliphatic heterocycles. The van der Waals surface area contributed by atoms with Crippen molar-refractivity contribution in [3.05, 3.63) is 46.2 Å². The summed E-state index contributed by atoms with van der Waals surface area (Å²) in [6.45, 7) is 3.92. The van der Waals surface area contributed by atoms with Crippen molar-refractivity contribution in [2.75, 3.05) is 71.0 Å². The number of anilines is 1. The van der Waals surface area contributed by atoms with Crippen LogP contribution in [0.1, 0.15) is 5.69 Å². The van der Waals surface area contributed by atoms with Crippen LogP contribution in [0.15, 0.2) is 35.1 Å². The van der Waals surface area contributed by atoms with E-state index in [9.17, 15) is 4.79 Å². The molecule has 1 N–H and O–H groups in total. The summed E-state index contributed by atoms with van der Waals surface area (Å²) in [7, 11) is 5.65. The number of benzene rings is 2. The van der Waals surface area contributed by atoms with Gasteiger partial charge in [0.1, 0.15) is 5.75 Å². The molecule has 4 aromatic rings. The van der Waals surface area contributed by atoms with Gasteiger partial charge >= 0.3 is 0 Å². The van der Waals surface area contributed by atoms with E-state index in [1.807, 2.05) is 42.9 Å². The quantitative estimate of drug-likeness (QED) is 0.234. The van der Waals surface area contributed by atoms with Crippen LogP contribution < -0.4 is 15.5 Å². The fraction of sp³-hybridized carbons (Fsp3) is 0.440. The number of aromatic nitrogens is 2. The van der Waals surface area contributed by atoms with Crippen LogP contribution in [0.5, 0.6) is 5.75 Å². The van der Waals surface area contributed by atoms with Gasteiger partial charge < -0.3 is 19.9 Å². The maximum Gasteiger partial charge on any atom is 0.203 e. The first kappa shape index (κ1) is 24.8. The van der Waals surface area contributed by atoms with Crippen molar-refractivity contribution in [2.24, 2.45) is 0 Å². The Hall–Kier alpha value is -2.32. The van der Waals surface area contributed by atoms with E-state index in [1.54, 1.807) is 7.11 Å². The molecular weight excluding hydrogens is 473 g/mol. The highest BCUT2D eigenvalue weighted by Gasteiger charge is 2.22. The second-order valence-electron chi connectivity index (χ2n) is 8.63. The van der Waals surface area contributed by atoms with Crippen molar-refractivity contribution < 1.29 is 4.74 Å². The van der Waals surface area contributed by atoms with Crippen molar-refractivity contribution in [1.29, 1.82) is 0 Å². The molecule has 0 saturated heterocycles. The Labute approximate surface area is 209 Å². The normalized spacial score (nSPS) is 12.1. The first-order valence-corrected chi connectivity index (χ1v) is 12.6. The summed E-state index contributed by atoms with van der Waals surface area (Å²) in [6, 6.07) is 9.71. The van der Waals surface area contributed by atoms with Gasteiger partial charge in [-0.1, -0.05) is 6.07 Å².